The SMILES string of the molecule is O=C(c1ccc(-c2ccc3c(c2)OCCO3)s1)N1CCC(NCC2CC2)CC1. The van der Waals surface area contributed by atoms with E-state index in [-0.39, 0.29) is 5.91 Å². The first-order valence-electron chi connectivity index (χ1n) is 10.3. The quantitative estimate of drug-likeness (QED) is 0.833. The monoisotopic (exact) mass is 398 g/mol. The molecule has 6 heteroatoms. The standard InChI is InChI=1S/C22H26N2O3S/c25-22(24-9-7-17(8-10-24)23-14-15-1-2-15)21-6-5-20(28-21)16-3-4-18-19(13-16)27-12-11-26-18/h3-6,13,15,17,23H,1-2,7-12,14H2. The van der Waals surface area contributed by atoms with E-state index < -0.39 is 0 Å². The number of carbonyl (C=O) groups is 1. The molecule has 0 unspecified atom stereocenters. The summed E-state index contributed by atoms with van der Waals surface area (Å²) in [5.74, 6) is 2.64. The average molecular weight is 399 g/mol. The number of carbonyl (C=O) groups excluding carboxylic acids is 1. The second kappa shape index (κ2) is 7.76. The number of likely N-dealkylation sites (tertiary alicyclic amines) is 1. The molecule has 1 aliphatic carbocycles. The highest BCUT2D eigenvalue weighted by atomic mass is 32.1. The number of piperidine rings is 1. The van der Waals surface area contributed by atoms with Crippen molar-refractivity contribution in [3.05, 3.63) is 35.2 Å². The van der Waals surface area contributed by atoms with Gasteiger partial charge in [0.15, 0.2) is 11.5 Å². The number of hydrogen-bond acceptors (Lipinski definition) is 5. The van der Waals surface area contributed by atoms with Crippen LogP contribution in [0.5, 0.6) is 11.5 Å². The molecule has 0 spiro atoms. The van der Waals surface area contributed by atoms with Crippen molar-refractivity contribution >= 4 is 17.2 Å². The maximum atomic E-state index is 12.9. The zero-order valence-corrected chi connectivity index (χ0v) is 16.8. The molecule has 28 heavy (non-hydrogen) atoms. The van der Waals surface area contributed by atoms with E-state index in [0.29, 0.717) is 19.3 Å². The number of thiophene rings is 1. The molecule has 3 heterocycles. The van der Waals surface area contributed by atoms with E-state index in [9.17, 15) is 4.79 Å². The molecule has 2 aliphatic heterocycles. The third-order valence-corrected chi connectivity index (χ3v) is 6.94. The van der Waals surface area contributed by atoms with E-state index >= 15 is 0 Å². The maximum absolute atomic E-state index is 12.9. The van der Waals surface area contributed by atoms with Gasteiger partial charge in [0.25, 0.3) is 5.91 Å². The summed E-state index contributed by atoms with van der Waals surface area (Å²) in [5.41, 5.74) is 1.07. The minimum absolute atomic E-state index is 0.162. The lowest BCUT2D eigenvalue weighted by atomic mass is 10.0. The van der Waals surface area contributed by atoms with Crippen LogP contribution in [0.25, 0.3) is 10.4 Å². The molecule has 2 fully saturated rings. The van der Waals surface area contributed by atoms with Crippen LogP contribution in [0.4, 0.5) is 0 Å². The van der Waals surface area contributed by atoms with Gasteiger partial charge in [0.2, 0.25) is 0 Å². The molecule has 5 nitrogen and oxygen atoms in total. The molecule has 0 atom stereocenters. The molecule has 1 aromatic carbocycles. The number of ether oxygens (including phenoxy) is 2. The van der Waals surface area contributed by atoms with Crippen molar-refractivity contribution in [2.45, 2.75) is 31.7 Å². The van der Waals surface area contributed by atoms with Gasteiger partial charge in [-0.2, -0.15) is 0 Å². The smallest absolute Gasteiger partial charge is 0.263 e. The van der Waals surface area contributed by atoms with Crippen molar-refractivity contribution in [2.75, 3.05) is 32.8 Å². The second-order valence-corrected chi connectivity index (χ2v) is 9.02. The first-order chi connectivity index (χ1) is 13.8. The van der Waals surface area contributed by atoms with Gasteiger partial charge < -0.3 is 19.7 Å². The molecule has 0 radical (unpaired) electrons. The number of nitrogens with zero attached hydrogens (tertiary/aromatic N) is 1. The fourth-order valence-corrected chi connectivity index (χ4v) is 4.87. The lowest BCUT2D eigenvalue weighted by Crippen LogP contribution is -2.45. The second-order valence-electron chi connectivity index (χ2n) is 7.94. The summed E-state index contributed by atoms with van der Waals surface area (Å²) in [5, 5.41) is 3.68. The summed E-state index contributed by atoms with van der Waals surface area (Å²) in [6.07, 6.45) is 4.88. The first kappa shape index (κ1) is 18.0. The summed E-state index contributed by atoms with van der Waals surface area (Å²) in [6.45, 7) is 4.02. The summed E-state index contributed by atoms with van der Waals surface area (Å²) >= 11 is 1.56. The molecule has 1 aromatic heterocycles. The van der Waals surface area contributed by atoms with Gasteiger partial charge in [-0.15, -0.1) is 11.3 Å². The lowest BCUT2D eigenvalue weighted by Gasteiger charge is -2.32. The van der Waals surface area contributed by atoms with Crippen molar-refractivity contribution in [3.8, 4) is 21.9 Å². The number of nitrogens with one attached hydrogen (secondary N) is 1. The van der Waals surface area contributed by atoms with E-state index in [4.69, 9.17) is 9.47 Å². The van der Waals surface area contributed by atoms with Crippen LogP contribution >= 0.6 is 11.3 Å². The minimum Gasteiger partial charge on any atom is -0.486 e. The highest BCUT2D eigenvalue weighted by Crippen LogP contribution is 2.37. The van der Waals surface area contributed by atoms with Gasteiger partial charge in [0, 0.05) is 24.0 Å². The van der Waals surface area contributed by atoms with Crippen molar-refractivity contribution in [1.82, 2.24) is 10.2 Å². The van der Waals surface area contributed by atoms with Crippen LogP contribution in [0.1, 0.15) is 35.4 Å². The van der Waals surface area contributed by atoms with Crippen LogP contribution in [0, 0.1) is 5.92 Å². The Hall–Kier alpha value is -2.05. The van der Waals surface area contributed by atoms with Crippen LogP contribution in [0.2, 0.25) is 0 Å². The van der Waals surface area contributed by atoms with E-state index in [0.717, 1.165) is 65.2 Å². The van der Waals surface area contributed by atoms with E-state index in [1.165, 1.54) is 12.8 Å². The molecule has 2 aromatic rings. The minimum atomic E-state index is 0.162. The zero-order valence-electron chi connectivity index (χ0n) is 16.0. The van der Waals surface area contributed by atoms with Crippen LogP contribution in [0.3, 0.4) is 0 Å². The van der Waals surface area contributed by atoms with E-state index in [2.05, 4.69) is 5.32 Å². The Morgan fingerprint density at radius 3 is 2.61 bits per heavy atom. The van der Waals surface area contributed by atoms with Gasteiger partial charge in [0.05, 0.1) is 4.88 Å². The molecule has 1 amide bonds. The van der Waals surface area contributed by atoms with Crippen molar-refractivity contribution in [1.29, 1.82) is 0 Å². The van der Waals surface area contributed by atoms with Gasteiger partial charge in [0.1, 0.15) is 13.2 Å². The topological polar surface area (TPSA) is 50.8 Å². The van der Waals surface area contributed by atoms with Crippen LogP contribution in [-0.4, -0.2) is 49.7 Å². The fraction of sp³-hybridized carbons (Fsp3) is 0.500. The summed E-state index contributed by atoms with van der Waals surface area (Å²) in [6, 6.07) is 10.5. The van der Waals surface area contributed by atoms with Crippen LogP contribution in [-0.2, 0) is 0 Å². The highest BCUT2D eigenvalue weighted by molar-refractivity contribution is 7.17. The highest BCUT2D eigenvalue weighted by Gasteiger charge is 2.27. The molecule has 1 N–H and O–H groups in total. The van der Waals surface area contributed by atoms with Gasteiger partial charge in [-0.3, -0.25) is 4.79 Å². The number of fused-ring (bicyclic) bond motifs is 1. The van der Waals surface area contributed by atoms with E-state index in [1.807, 2.05) is 35.2 Å². The molecule has 0 bridgehead atoms. The predicted octanol–water partition coefficient (Wildman–Crippen LogP) is 3.79. The summed E-state index contributed by atoms with van der Waals surface area (Å²) in [7, 11) is 0. The van der Waals surface area contributed by atoms with E-state index in [1.54, 1.807) is 11.3 Å². The Morgan fingerprint density at radius 2 is 1.82 bits per heavy atom. The number of amides is 1. The Bertz CT molecular complexity index is 853. The third kappa shape index (κ3) is 3.89. The number of benzene rings is 1. The Balaban J connectivity index is 1.21. The summed E-state index contributed by atoms with van der Waals surface area (Å²) in [4.78, 5) is 16.8. The van der Waals surface area contributed by atoms with Crippen LogP contribution in [0.15, 0.2) is 30.3 Å². The number of rotatable bonds is 5. The number of hydrogen-bond donors (Lipinski definition) is 1. The normalized spacial score (nSPS) is 19.6. The van der Waals surface area contributed by atoms with Crippen molar-refractivity contribution in [3.63, 3.8) is 0 Å². The van der Waals surface area contributed by atoms with Crippen LogP contribution < -0.4 is 14.8 Å². The van der Waals surface area contributed by atoms with Crippen molar-refractivity contribution in [2.24, 2.45) is 5.92 Å². The Kier molecular flexibility index (Phi) is 4.99. The molecular weight excluding hydrogens is 372 g/mol. The zero-order chi connectivity index (χ0) is 18.9. The molecular formula is C22H26N2O3S. The average Bonchev–Trinajstić information content (AvgIpc) is 3.45. The van der Waals surface area contributed by atoms with Crippen molar-refractivity contribution < 1.29 is 14.3 Å². The molecule has 148 valence electrons. The largest absolute Gasteiger partial charge is 0.486 e. The molecule has 1 saturated heterocycles. The molecule has 5 rings (SSSR count). The fourth-order valence-electron chi connectivity index (χ4n) is 3.90. The van der Waals surface area contributed by atoms with Gasteiger partial charge in [-0.05, 0) is 74.0 Å². The predicted molar refractivity (Wildman–Crippen MR) is 110 cm³/mol. The van der Waals surface area contributed by atoms with Gasteiger partial charge >= 0.3 is 0 Å². The first-order valence-corrected chi connectivity index (χ1v) is 11.1. The maximum Gasteiger partial charge on any atom is 0.263 e. The Morgan fingerprint density at radius 1 is 1.04 bits per heavy atom. The molecule has 3 aliphatic rings. The van der Waals surface area contributed by atoms with Gasteiger partial charge in [-0.1, -0.05) is 0 Å². The Labute approximate surface area is 169 Å². The molecule has 1 saturated carbocycles. The van der Waals surface area contributed by atoms with Gasteiger partial charge in [-0.25, -0.2) is 0 Å². The lowest BCUT2D eigenvalue weighted by molar-refractivity contribution is 0.0710. The third-order valence-electron chi connectivity index (χ3n) is 5.82. The summed E-state index contributed by atoms with van der Waals surface area (Å²) < 4.78 is 11.3.